The Morgan fingerprint density at radius 1 is 1.25 bits per heavy atom. The van der Waals surface area contributed by atoms with Crippen molar-refractivity contribution in [2.24, 2.45) is 0 Å². The van der Waals surface area contributed by atoms with Gasteiger partial charge in [-0.15, -0.1) is 0 Å². The van der Waals surface area contributed by atoms with Gasteiger partial charge < -0.3 is 15.4 Å². The molecule has 0 bridgehead atoms. The van der Waals surface area contributed by atoms with Crippen molar-refractivity contribution in [3.8, 4) is 5.75 Å². The summed E-state index contributed by atoms with van der Waals surface area (Å²) in [6.45, 7) is 0. The molecule has 0 aliphatic heterocycles. The third-order valence-electron chi connectivity index (χ3n) is 2.86. The number of anilines is 1. The van der Waals surface area contributed by atoms with Gasteiger partial charge in [0.1, 0.15) is 5.75 Å². The molecule has 0 aliphatic carbocycles. The molecule has 5 nitrogen and oxygen atoms in total. The van der Waals surface area contributed by atoms with Crippen LogP contribution in [-0.4, -0.2) is 21.0 Å². The second-order valence-corrected chi connectivity index (χ2v) is 4.59. The van der Waals surface area contributed by atoms with Gasteiger partial charge in [-0.2, -0.15) is 0 Å². The van der Waals surface area contributed by atoms with E-state index in [2.05, 4.69) is 15.3 Å². The maximum atomic E-state index is 12.1. The van der Waals surface area contributed by atoms with Crippen molar-refractivity contribution in [2.45, 2.75) is 0 Å². The zero-order chi connectivity index (χ0) is 14.1. The zero-order valence-electron chi connectivity index (χ0n) is 10.2. The Bertz CT molecular complexity index is 798. The highest BCUT2D eigenvalue weighted by molar-refractivity contribution is 6.29. The number of nitrogens with zero attached hydrogens (tertiary/aromatic N) is 1. The standard InChI is InChI=1S/C14H10ClN3O2/c15-14-17-10-6-5-8(7-11(10)18-14)16-13(20)9-3-1-2-4-12(9)19/h1-7,19H,(H,16,20)(H,17,18). The SMILES string of the molecule is O=C(Nc1ccc2nc(Cl)[nH]c2c1)c1ccccc1O. The minimum Gasteiger partial charge on any atom is -0.507 e. The number of phenolic OH excluding ortho intramolecular Hbond substituents is 1. The van der Waals surface area contributed by atoms with E-state index in [0.717, 1.165) is 11.0 Å². The van der Waals surface area contributed by atoms with Crippen molar-refractivity contribution < 1.29 is 9.90 Å². The number of aromatic amines is 1. The van der Waals surface area contributed by atoms with Crippen LogP contribution in [0.1, 0.15) is 10.4 Å². The predicted molar refractivity (Wildman–Crippen MR) is 77.2 cm³/mol. The molecule has 0 aliphatic rings. The summed E-state index contributed by atoms with van der Waals surface area (Å²) >= 11 is 5.77. The summed E-state index contributed by atoms with van der Waals surface area (Å²) < 4.78 is 0. The number of imidazole rings is 1. The van der Waals surface area contributed by atoms with Crippen molar-refractivity contribution in [3.05, 3.63) is 53.3 Å². The quantitative estimate of drug-likeness (QED) is 0.677. The molecule has 1 aromatic heterocycles. The van der Waals surface area contributed by atoms with Gasteiger partial charge in [-0.3, -0.25) is 4.79 Å². The van der Waals surface area contributed by atoms with Crippen LogP contribution in [0.2, 0.25) is 5.28 Å². The number of fused-ring (bicyclic) bond motifs is 1. The van der Waals surface area contributed by atoms with Crippen LogP contribution in [0.4, 0.5) is 5.69 Å². The molecule has 3 rings (SSSR count). The first kappa shape index (κ1) is 12.5. The lowest BCUT2D eigenvalue weighted by Gasteiger charge is -2.06. The molecule has 100 valence electrons. The van der Waals surface area contributed by atoms with E-state index in [1.165, 1.54) is 6.07 Å². The Labute approximate surface area is 119 Å². The van der Waals surface area contributed by atoms with Crippen LogP contribution in [0.5, 0.6) is 5.75 Å². The Balaban J connectivity index is 1.89. The predicted octanol–water partition coefficient (Wildman–Crippen LogP) is 3.17. The van der Waals surface area contributed by atoms with Gasteiger partial charge in [-0.25, -0.2) is 4.98 Å². The van der Waals surface area contributed by atoms with Crippen LogP contribution >= 0.6 is 11.6 Å². The van der Waals surface area contributed by atoms with Crippen molar-refractivity contribution in [2.75, 3.05) is 5.32 Å². The summed E-state index contributed by atoms with van der Waals surface area (Å²) in [4.78, 5) is 19.0. The lowest BCUT2D eigenvalue weighted by molar-refractivity contribution is 0.102. The highest BCUT2D eigenvalue weighted by atomic mass is 35.5. The molecule has 1 amide bonds. The number of carbonyl (C=O) groups excluding carboxylic acids is 1. The highest BCUT2D eigenvalue weighted by Gasteiger charge is 2.11. The Kier molecular flexibility index (Phi) is 3.04. The number of aromatic nitrogens is 2. The molecule has 0 radical (unpaired) electrons. The number of benzene rings is 2. The number of para-hydroxylation sites is 1. The van der Waals surface area contributed by atoms with Crippen molar-refractivity contribution in [1.29, 1.82) is 0 Å². The van der Waals surface area contributed by atoms with Gasteiger partial charge in [0.05, 0.1) is 16.6 Å². The average molecular weight is 288 g/mol. The van der Waals surface area contributed by atoms with Crippen molar-refractivity contribution in [1.82, 2.24) is 9.97 Å². The molecular weight excluding hydrogens is 278 g/mol. The van der Waals surface area contributed by atoms with Gasteiger partial charge in [0.15, 0.2) is 0 Å². The molecule has 3 aromatic rings. The molecule has 0 atom stereocenters. The van der Waals surface area contributed by atoms with Gasteiger partial charge >= 0.3 is 0 Å². The molecule has 0 fully saturated rings. The number of phenols is 1. The highest BCUT2D eigenvalue weighted by Crippen LogP contribution is 2.21. The maximum absolute atomic E-state index is 12.1. The van der Waals surface area contributed by atoms with Gasteiger partial charge in [-0.05, 0) is 41.9 Å². The molecule has 0 spiro atoms. The lowest BCUT2D eigenvalue weighted by Crippen LogP contribution is -2.11. The minimum atomic E-state index is -0.381. The number of nitrogens with one attached hydrogen (secondary N) is 2. The topological polar surface area (TPSA) is 78.0 Å². The third kappa shape index (κ3) is 2.31. The van der Waals surface area contributed by atoms with Crippen LogP contribution in [-0.2, 0) is 0 Å². The number of aromatic hydroxyl groups is 1. The van der Waals surface area contributed by atoms with E-state index >= 15 is 0 Å². The number of hydrogen-bond acceptors (Lipinski definition) is 3. The van der Waals surface area contributed by atoms with Crippen molar-refractivity contribution >= 4 is 34.2 Å². The van der Waals surface area contributed by atoms with E-state index in [1.807, 2.05) is 0 Å². The van der Waals surface area contributed by atoms with E-state index in [-0.39, 0.29) is 17.2 Å². The monoisotopic (exact) mass is 287 g/mol. The number of amides is 1. The van der Waals surface area contributed by atoms with E-state index < -0.39 is 0 Å². The van der Waals surface area contributed by atoms with Gasteiger partial charge in [0.25, 0.3) is 5.91 Å². The number of H-pyrrole nitrogens is 1. The van der Waals surface area contributed by atoms with Gasteiger partial charge in [-0.1, -0.05) is 12.1 Å². The first-order valence-corrected chi connectivity index (χ1v) is 6.26. The van der Waals surface area contributed by atoms with E-state index in [1.54, 1.807) is 36.4 Å². The summed E-state index contributed by atoms with van der Waals surface area (Å²) in [7, 11) is 0. The van der Waals surface area contributed by atoms with Gasteiger partial charge in [0.2, 0.25) is 5.28 Å². The third-order valence-corrected chi connectivity index (χ3v) is 3.04. The van der Waals surface area contributed by atoms with Crippen LogP contribution in [0, 0.1) is 0 Å². The second kappa shape index (κ2) is 4.86. The first-order valence-electron chi connectivity index (χ1n) is 5.88. The molecule has 0 saturated heterocycles. The van der Waals surface area contributed by atoms with Crippen LogP contribution in [0.25, 0.3) is 11.0 Å². The number of hydrogen-bond donors (Lipinski definition) is 3. The molecule has 2 aromatic carbocycles. The normalized spacial score (nSPS) is 10.7. The van der Waals surface area contributed by atoms with E-state index in [4.69, 9.17) is 11.6 Å². The van der Waals surface area contributed by atoms with Crippen LogP contribution < -0.4 is 5.32 Å². The minimum absolute atomic E-state index is 0.0596. The summed E-state index contributed by atoms with van der Waals surface area (Å²) in [5.74, 6) is -0.441. The molecule has 20 heavy (non-hydrogen) atoms. The Morgan fingerprint density at radius 2 is 2.05 bits per heavy atom. The molecule has 1 heterocycles. The number of halogens is 1. The molecular formula is C14H10ClN3O2. The maximum Gasteiger partial charge on any atom is 0.259 e. The summed E-state index contributed by atoms with van der Waals surface area (Å²) in [5.41, 5.74) is 2.25. The smallest absolute Gasteiger partial charge is 0.259 e. The van der Waals surface area contributed by atoms with E-state index in [0.29, 0.717) is 11.0 Å². The number of carbonyl (C=O) groups is 1. The number of rotatable bonds is 2. The lowest BCUT2D eigenvalue weighted by atomic mass is 10.2. The summed E-state index contributed by atoms with van der Waals surface area (Å²) in [6.07, 6.45) is 0. The fraction of sp³-hybridized carbons (Fsp3) is 0. The summed E-state index contributed by atoms with van der Waals surface area (Å²) in [6, 6.07) is 11.6. The second-order valence-electron chi connectivity index (χ2n) is 4.23. The zero-order valence-corrected chi connectivity index (χ0v) is 11.0. The molecule has 0 saturated carbocycles. The van der Waals surface area contributed by atoms with Crippen molar-refractivity contribution in [3.63, 3.8) is 0 Å². The first-order chi connectivity index (χ1) is 9.63. The molecule has 0 unspecified atom stereocenters. The van der Waals surface area contributed by atoms with E-state index in [9.17, 15) is 9.90 Å². The largest absolute Gasteiger partial charge is 0.507 e. The fourth-order valence-electron chi connectivity index (χ4n) is 1.92. The summed E-state index contributed by atoms with van der Waals surface area (Å²) in [5, 5.41) is 12.6. The van der Waals surface area contributed by atoms with Crippen LogP contribution in [0.3, 0.4) is 0 Å². The fourth-order valence-corrected chi connectivity index (χ4v) is 2.11. The Morgan fingerprint density at radius 3 is 2.85 bits per heavy atom. The molecule has 3 N–H and O–H groups in total. The Hall–Kier alpha value is -2.53. The average Bonchev–Trinajstić information content (AvgIpc) is 2.78. The van der Waals surface area contributed by atoms with Gasteiger partial charge in [0, 0.05) is 5.69 Å². The van der Waals surface area contributed by atoms with Crippen LogP contribution in [0.15, 0.2) is 42.5 Å². The molecule has 6 heteroatoms.